The van der Waals surface area contributed by atoms with Crippen LogP contribution in [0.25, 0.3) is 0 Å². The minimum atomic E-state index is -0.833. The average molecular weight is 281 g/mol. The Bertz CT molecular complexity index is 447. The van der Waals surface area contributed by atoms with Crippen molar-refractivity contribution in [3.05, 3.63) is 23.8 Å². The Hall–Kier alpha value is -1.75. The van der Waals surface area contributed by atoms with Gasteiger partial charge < -0.3 is 14.6 Å². The highest BCUT2D eigenvalue weighted by molar-refractivity contribution is 5.73. The molecule has 1 aromatic carbocycles. The van der Waals surface area contributed by atoms with Crippen molar-refractivity contribution in [3.63, 3.8) is 0 Å². The molecule has 0 heterocycles. The Balaban J connectivity index is 2.94. The Morgan fingerprint density at radius 2 is 2.05 bits per heavy atom. The summed E-state index contributed by atoms with van der Waals surface area (Å²) in [4.78, 5) is 11.2. The van der Waals surface area contributed by atoms with Crippen LogP contribution in [-0.2, 0) is 4.79 Å². The molecule has 5 heteroatoms. The second-order valence-electron chi connectivity index (χ2n) is 4.68. The summed E-state index contributed by atoms with van der Waals surface area (Å²) in [6, 6.07) is 4.79. The molecule has 0 saturated heterocycles. The molecular formula is C15H23NO4. The molecule has 20 heavy (non-hydrogen) atoms. The molecule has 5 nitrogen and oxygen atoms in total. The van der Waals surface area contributed by atoms with Gasteiger partial charge in [-0.05, 0) is 31.5 Å². The van der Waals surface area contributed by atoms with Gasteiger partial charge in [0.25, 0.3) is 0 Å². The standard InChI is InChI=1S/C15H23NO4/c1-5-6-13(15(17)18)16-10(2)12-9-11(19-3)7-8-14(12)20-4/h7-10,13,16H,5-6H2,1-4H3,(H,17,18). The van der Waals surface area contributed by atoms with Crippen LogP contribution >= 0.6 is 0 Å². The van der Waals surface area contributed by atoms with E-state index in [4.69, 9.17) is 9.47 Å². The van der Waals surface area contributed by atoms with Gasteiger partial charge in [0.2, 0.25) is 0 Å². The quantitative estimate of drug-likeness (QED) is 0.766. The summed E-state index contributed by atoms with van der Waals surface area (Å²) in [5.74, 6) is 0.601. The summed E-state index contributed by atoms with van der Waals surface area (Å²) in [5.41, 5.74) is 0.884. The molecular weight excluding hydrogens is 258 g/mol. The van der Waals surface area contributed by atoms with E-state index >= 15 is 0 Å². The van der Waals surface area contributed by atoms with Gasteiger partial charge in [0.15, 0.2) is 0 Å². The zero-order valence-corrected chi connectivity index (χ0v) is 12.5. The van der Waals surface area contributed by atoms with E-state index < -0.39 is 12.0 Å². The van der Waals surface area contributed by atoms with Crippen LogP contribution in [0.4, 0.5) is 0 Å². The maximum absolute atomic E-state index is 11.2. The number of methoxy groups -OCH3 is 2. The van der Waals surface area contributed by atoms with Crippen molar-refractivity contribution in [1.29, 1.82) is 0 Å². The van der Waals surface area contributed by atoms with Gasteiger partial charge in [0.05, 0.1) is 14.2 Å². The second-order valence-corrected chi connectivity index (χ2v) is 4.68. The van der Waals surface area contributed by atoms with Crippen LogP contribution in [-0.4, -0.2) is 31.3 Å². The van der Waals surface area contributed by atoms with E-state index in [0.717, 1.165) is 17.7 Å². The van der Waals surface area contributed by atoms with Crippen LogP contribution in [0.2, 0.25) is 0 Å². The molecule has 112 valence electrons. The number of hydrogen-bond donors (Lipinski definition) is 2. The number of carboxylic acid groups (broad SMARTS) is 1. The largest absolute Gasteiger partial charge is 0.497 e. The molecule has 1 rings (SSSR count). The number of rotatable bonds is 8. The van der Waals surface area contributed by atoms with E-state index in [9.17, 15) is 9.90 Å². The molecule has 0 radical (unpaired) electrons. The van der Waals surface area contributed by atoms with Crippen molar-refractivity contribution in [2.75, 3.05) is 14.2 Å². The summed E-state index contributed by atoms with van der Waals surface area (Å²) >= 11 is 0. The van der Waals surface area contributed by atoms with Crippen molar-refractivity contribution in [1.82, 2.24) is 5.32 Å². The smallest absolute Gasteiger partial charge is 0.320 e. The summed E-state index contributed by atoms with van der Waals surface area (Å²) in [7, 11) is 3.19. The SMILES string of the molecule is CCCC(NC(C)c1cc(OC)ccc1OC)C(=O)O. The summed E-state index contributed by atoms with van der Waals surface area (Å²) in [6.45, 7) is 3.89. The lowest BCUT2D eigenvalue weighted by Crippen LogP contribution is -2.38. The molecule has 0 aromatic heterocycles. The second kappa shape index (κ2) is 7.75. The fourth-order valence-electron chi connectivity index (χ4n) is 2.14. The molecule has 0 saturated carbocycles. The van der Waals surface area contributed by atoms with Gasteiger partial charge in [-0.15, -0.1) is 0 Å². The lowest BCUT2D eigenvalue weighted by atomic mass is 10.0. The third kappa shape index (κ3) is 4.13. The van der Waals surface area contributed by atoms with E-state index in [1.54, 1.807) is 14.2 Å². The Kier molecular flexibility index (Phi) is 6.31. The molecule has 1 aromatic rings. The van der Waals surface area contributed by atoms with Crippen LogP contribution in [0.15, 0.2) is 18.2 Å². The van der Waals surface area contributed by atoms with E-state index in [1.165, 1.54) is 0 Å². The van der Waals surface area contributed by atoms with Crippen LogP contribution in [0.5, 0.6) is 11.5 Å². The average Bonchev–Trinajstić information content (AvgIpc) is 2.45. The van der Waals surface area contributed by atoms with Crippen molar-refractivity contribution >= 4 is 5.97 Å². The van der Waals surface area contributed by atoms with Gasteiger partial charge in [0, 0.05) is 11.6 Å². The summed E-state index contributed by atoms with van der Waals surface area (Å²) < 4.78 is 10.5. The molecule has 0 spiro atoms. The number of nitrogens with one attached hydrogen (secondary N) is 1. The lowest BCUT2D eigenvalue weighted by Gasteiger charge is -2.22. The Labute approximate surface area is 119 Å². The van der Waals surface area contributed by atoms with Gasteiger partial charge in [0.1, 0.15) is 17.5 Å². The molecule has 2 unspecified atom stereocenters. The fourth-order valence-corrected chi connectivity index (χ4v) is 2.14. The number of ether oxygens (including phenoxy) is 2. The van der Waals surface area contributed by atoms with E-state index in [1.807, 2.05) is 32.0 Å². The highest BCUT2D eigenvalue weighted by Gasteiger charge is 2.21. The minimum Gasteiger partial charge on any atom is -0.497 e. The highest BCUT2D eigenvalue weighted by atomic mass is 16.5. The first-order valence-electron chi connectivity index (χ1n) is 6.74. The molecule has 2 N–H and O–H groups in total. The molecule has 0 bridgehead atoms. The van der Waals surface area contributed by atoms with Crippen LogP contribution in [0.1, 0.15) is 38.3 Å². The van der Waals surface area contributed by atoms with Crippen molar-refractivity contribution in [2.24, 2.45) is 0 Å². The zero-order valence-electron chi connectivity index (χ0n) is 12.5. The Morgan fingerprint density at radius 1 is 1.35 bits per heavy atom. The van der Waals surface area contributed by atoms with E-state index in [-0.39, 0.29) is 6.04 Å². The third-order valence-electron chi connectivity index (χ3n) is 3.23. The first-order chi connectivity index (χ1) is 9.53. The first-order valence-corrected chi connectivity index (χ1v) is 6.74. The number of hydrogen-bond acceptors (Lipinski definition) is 4. The van der Waals surface area contributed by atoms with Crippen molar-refractivity contribution in [2.45, 2.75) is 38.8 Å². The molecule has 0 aliphatic rings. The number of benzene rings is 1. The Morgan fingerprint density at radius 3 is 2.55 bits per heavy atom. The van der Waals surface area contributed by atoms with Gasteiger partial charge >= 0.3 is 5.97 Å². The topological polar surface area (TPSA) is 67.8 Å². The predicted octanol–water partition coefficient (Wildman–Crippen LogP) is 2.61. The summed E-state index contributed by atoms with van der Waals surface area (Å²) in [6.07, 6.45) is 1.40. The van der Waals surface area contributed by atoms with E-state index in [0.29, 0.717) is 12.2 Å². The lowest BCUT2D eigenvalue weighted by molar-refractivity contribution is -0.139. The summed E-state index contributed by atoms with van der Waals surface area (Å²) in [5, 5.41) is 12.3. The maximum atomic E-state index is 11.2. The van der Waals surface area contributed by atoms with Crippen LogP contribution in [0, 0.1) is 0 Å². The minimum absolute atomic E-state index is 0.146. The molecule has 0 fully saturated rings. The fraction of sp³-hybridized carbons (Fsp3) is 0.533. The number of aliphatic carboxylic acids is 1. The molecule has 2 atom stereocenters. The van der Waals surface area contributed by atoms with Gasteiger partial charge in [-0.2, -0.15) is 0 Å². The van der Waals surface area contributed by atoms with Crippen molar-refractivity contribution in [3.8, 4) is 11.5 Å². The van der Waals surface area contributed by atoms with Gasteiger partial charge in [-0.1, -0.05) is 13.3 Å². The molecule has 0 amide bonds. The first kappa shape index (κ1) is 16.3. The van der Waals surface area contributed by atoms with E-state index in [2.05, 4.69) is 5.32 Å². The predicted molar refractivity (Wildman–Crippen MR) is 77.4 cm³/mol. The highest BCUT2D eigenvalue weighted by Crippen LogP contribution is 2.29. The monoisotopic (exact) mass is 281 g/mol. The molecule has 0 aliphatic heterocycles. The zero-order chi connectivity index (χ0) is 15.1. The molecule has 0 aliphatic carbocycles. The van der Waals surface area contributed by atoms with Gasteiger partial charge in [-0.3, -0.25) is 10.1 Å². The van der Waals surface area contributed by atoms with Gasteiger partial charge in [-0.25, -0.2) is 0 Å². The van der Waals surface area contributed by atoms with Crippen molar-refractivity contribution < 1.29 is 19.4 Å². The normalized spacial score (nSPS) is 13.6. The number of carbonyl (C=O) groups is 1. The van der Waals surface area contributed by atoms with Crippen LogP contribution < -0.4 is 14.8 Å². The number of carboxylic acids is 1. The maximum Gasteiger partial charge on any atom is 0.320 e. The van der Waals surface area contributed by atoms with Crippen LogP contribution in [0.3, 0.4) is 0 Å². The third-order valence-corrected chi connectivity index (χ3v) is 3.23.